The molecule has 29 heavy (non-hydrogen) atoms. The van der Waals surface area contributed by atoms with E-state index in [4.69, 9.17) is 0 Å². The molecule has 0 radical (unpaired) electrons. The first-order chi connectivity index (χ1) is 14.1. The van der Waals surface area contributed by atoms with E-state index in [0.29, 0.717) is 41.2 Å². The van der Waals surface area contributed by atoms with Crippen LogP contribution in [0, 0.1) is 0 Å². The lowest BCUT2D eigenvalue weighted by Crippen LogP contribution is -2.30. The molecule has 0 aliphatic carbocycles. The van der Waals surface area contributed by atoms with Gasteiger partial charge in [0.15, 0.2) is 5.16 Å². The highest BCUT2D eigenvalue weighted by Crippen LogP contribution is 2.24. The van der Waals surface area contributed by atoms with Gasteiger partial charge in [0.25, 0.3) is 17.4 Å². The number of nitrogens with zero attached hydrogens (tertiary/aromatic N) is 3. The fourth-order valence-electron chi connectivity index (χ4n) is 3.31. The molecule has 0 fully saturated rings. The third-order valence-electron chi connectivity index (χ3n) is 4.75. The fourth-order valence-corrected chi connectivity index (χ4v) is 5.12. The van der Waals surface area contributed by atoms with Crippen molar-refractivity contribution in [3.05, 3.63) is 69.8 Å². The number of carbonyl (C=O) groups is 2. The quantitative estimate of drug-likeness (QED) is 0.180. The van der Waals surface area contributed by atoms with Gasteiger partial charge in [0.2, 0.25) is 0 Å². The van der Waals surface area contributed by atoms with E-state index in [9.17, 15) is 14.4 Å². The number of rotatable bonds is 8. The Morgan fingerprint density at radius 1 is 1.07 bits per heavy atom. The zero-order valence-corrected chi connectivity index (χ0v) is 17.3. The number of allylic oxidation sites excluding steroid dienone is 1. The third kappa shape index (κ3) is 3.65. The Morgan fingerprint density at radius 3 is 2.48 bits per heavy atom. The lowest BCUT2D eigenvalue weighted by Gasteiger charge is -2.13. The van der Waals surface area contributed by atoms with E-state index in [1.807, 2.05) is 5.38 Å². The highest BCUT2D eigenvalue weighted by molar-refractivity contribution is 7.99. The maximum Gasteiger partial charge on any atom is 0.263 e. The first kappa shape index (κ1) is 19.6. The number of fused-ring (bicyclic) bond motifs is 2. The second-order valence-electron chi connectivity index (χ2n) is 6.60. The summed E-state index contributed by atoms with van der Waals surface area (Å²) in [5.41, 5.74) is 0.909. The third-order valence-corrected chi connectivity index (χ3v) is 6.61. The van der Waals surface area contributed by atoms with Crippen molar-refractivity contribution >= 4 is 45.1 Å². The number of amides is 2. The Kier molecular flexibility index (Phi) is 5.64. The van der Waals surface area contributed by atoms with E-state index in [1.54, 1.807) is 41.0 Å². The summed E-state index contributed by atoms with van der Waals surface area (Å²) >= 11 is 2.97. The summed E-state index contributed by atoms with van der Waals surface area (Å²) in [6, 6.07) is 8.72. The lowest BCUT2D eigenvalue weighted by molar-refractivity contribution is 0.0652. The van der Waals surface area contributed by atoms with Crippen LogP contribution in [-0.2, 0) is 6.54 Å². The molecule has 1 aromatic carbocycles. The molecule has 2 amide bonds. The molecule has 148 valence electrons. The molecule has 0 bridgehead atoms. The summed E-state index contributed by atoms with van der Waals surface area (Å²) in [6.07, 6.45) is 3.18. The van der Waals surface area contributed by atoms with Gasteiger partial charge in [0.05, 0.1) is 16.5 Å². The van der Waals surface area contributed by atoms with Gasteiger partial charge in [-0.2, -0.15) is 0 Å². The summed E-state index contributed by atoms with van der Waals surface area (Å²) in [5.74, 6) is 0.301. The number of thioether (sulfide) groups is 1. The van der Waals surface area contributed by atoms with Crippen LogP contribution in [0.4, 0.5) is 0 Å². The Hall–Kier alpha value is -2.71. The maximum absolute atomic E-state index is 12.6. The van der Waals surface area contributed by atoms with Crippen molar-refractivity contribution in [2.45, 2.75) is 24.5 Å². The van der Waals surface area contributed by atoms with Gasteiger partial charge < -0.3 is 0 Å². The van der Waals surface area contributed by atoms with Crippen molar-refractivity contribution < 1.29 is 9.59 Å². The van der Waals surface area contributed by atoms with Gasteiger partial charge in [-0.05, 0) is 36.4 Å². The highest BCUT2D eigenvalue weighted by atomic mass is 32.2. The summed E-state index contributed by atoms with van der Waals surface area (Å²) in [4.78, 5) is 44.1. The molecule has 3 aromatic rings. The first-order valence-corrected chi connectivity index (χ1v) is 11.2. The molecule has 3 heterocycles. The van der Waals surface area contributed by atoms with Crippen LogP contribution in [0.25, 0.3) is 10.2 Å². The average Bonchev–Trinajstić information content (AvgIpc) is 3.29. The number of imide groups is 1. The normalized spacial score (nSPS) is 13.3. The predicted molar refractivity (Wildman–Crippen MR) is 116 cm³/mol. The molecule has 0 saturated heterocycles. The van der Waals surface area contributed by atoms with E-state index in [0.717, 1.165) is 17.0 Å². The highest BCUT2D eigenvalue weighted by Gasteiger charge is 2.34. The van der Waals surface area contributed by atoms with Crippen molar-refractivity contribution in [2.75, 3.05) is 12.3 Å². The molecule has 1 aliphatic rings. The molecular formula is C21H19N3O3S2. The van der Waals surface area contributed by atoms with E-state index in [2.05, 4.69) is 11.6 Å². The summed E-state index contributed by atoms with van der Waals surface area (Å²) in [5, 5.41) is 3.17. The second-order valence-corrected chi connectivity index (χ2v) is 8.56. The predicted octanol–water partition coefficient (Wildman–Crippen LogP) is 3.81. The van der Waals surface area contributed by atoms with Gasteiger partial charge in [-0.25, -0.2) is 4.98 Å². The Morgan fingerprint density at radius 2 is 1.79 bits per heavy atom. The van der Waals surface area contributed by atoms with Crippen LogP contribution >= 0.6 is 23.1 Å². The summed E-state index contributed by atoms with van der Waals surface area (Å²) in [7, 11) is 0. The number of hydrogen-bond donors (Lipinski definition) is 0. The van der Waals surface area contributed by atoms with Gasteiger partial charge in [-0.3, -0.25) is 23.9 Å². The minimum Gasteiger partial charge on any atom is -0.283 e. The van der Waals surface area contributed by atoms with Gasteiger partial charge in [-0.1, -0.05) is 30.0 Å². The van der Waals surface area contributed by atoms with Crippen LogP contribution in [0.15, 0.2) is 58.3 Å². The fraction of sp³-hybridized carbons (Fsp3) is 0.238. The van der Waals surface area contributed by atoms with Crippen LogP contribution in [0.3, 0.4) is 0 Å². The van der Waals surface area contributed by atoms with Crippen molar-refractivity contribution in [1.82, 2.24) is 14.5 Å². The minimum absolute atomic E-state index is 0.0512. The topological polar surface area (TPSA) is 72.3 Å². The van der Waals surface area contributed by atoms with E-state index >= 15 is 0 Å². The average molecular weight is 426 g/mol. The van der Waals surface area contributed by atoms with Crippen molar-refractivity contribution in [1.29, 1.82) is 0 Å². The molecule has 4 rings (SSSR count). The van der Waals surface area contributed by atoms with E-state index < -0.39 is 0 Å². The van der Waals surface area contributed by atoms with Gasteiger partial charge in [-0.15, -0.1) is 17.9 Å². The van der Waals surface area contributed by atoms with Crippen LogP contribution in [0.1, 0.15) is 33.6 Å². The van der Waals surface area contributed by atoms with Crippen LogP contribution in [0.5, 0.6) is 0 Å². The zero-order valence-electron chi connectivity index (χ0n) is 15.7. The summed E-state index contributed by atoms with van der Waals surface area (Å²) in [6.45, 7) is 4.53. The Labute approximate surface area is 175 Å². The lowest BCUT2D eigenvalue weighted by atomic mass is 10.1. The van der Waals surface area contributed by atoms with Gasteiger partial charge >= 0.3 is 0 Å². The largest absolute Gasteiger partial charge is 0.283 e. The van der Waals surface area contributed by atoms with Crippen LogP contribution < -0.4 is 5.56 Å². The molecule has 6 nitrogen and oxygen atoms in total. The SMILES string of the molecule is C=CCn1c(SCCCCN2C(=O)c3ccccc3C2=O)nc2sccc2c1=O. The second kappa shape index (κ2) is 8.34. The standard InChI is InChI=1S/C21H19N3O3S2/c1-2-10-24-20(27)16-9-13-28-17(16)22-21(24)29-12-6-5-11-23-18(25)14-7-3-4-8-15(14)19(23)26/h2-4,7-9,13H,1,5-6,10-12H2. The Bertz CT molecular complexity index is 1130. The number of carbonyl (C=O) groups excluding carboxylic acids is 2. The molecule has 0 N–H and O–H groups in total. The smallest absolute Gasteiger partial charge is 0.263 e. The van der Waals surface area contributed by atoms with Crippen LogP contribution in [-0.4, -0.2) is 38.6 Å². The van der Waals surface area contributed by atoms with Gasteiger partial charge in [0, 0.05) is 18.8 Å². The van der Waals surface area contributed by atoms with Crippen molar-refractivity contribution in [2.24, 2.45) is 0 Å². The minimum atomic E-state index is -0.220. The number of hydrogen-bond acceptors (Lipinski definition) is 6. The number of unbranched alkanes of at least 4 members (excludes halogenated alkanes) is 1. The molecule has 1 aliphatic heterocycles. The Balaban J connectivity index is 1.36. The van der Waals surface area contributed by atoms with Crippen LogP contribution in [0.2, 0.25) is 0 Å². The number of benzene rings is 1. The molecule has 0 saturated carbocycles. The molecular weight excluding hydrogens is 406 g/mol. The number of aromatic nitrogens is 2. The molecule has 0 spiro atoms. The first-order valence-electron chi connectivity index (χ1n) is 9.28. The molecule has 8 heteroatoms. The molecule has 2 aromatic heterocycles. The summed E-state index contributed by atoms with van der Waals surface area (Å²) < 4.78 is 1.64. The van der Waals surface area contributed by atoms with E-state index in [1.165, 1.54) is 28.0 Å². The number of thiophene rings is 1. The zero-order chi connectivity index (χ0) is 20.4. The van der Waals surface area contributed by atoms with Crippen molar-refractivity contribution in [3.8, 4) is 0 Å². The monoisotopic (exact) mass is 425 g/mol. The maximum atomic E-state index is 12.6. The van der Waals surface area contributed by atoms with E-state index in [-0.39, 0.29) is 17.4 Å². The van der Waals surface area contributed by atoms with Crippen molar-refractivity contribution in [3.63, 3.8) is 0 Å². The molecule has 0 atom stereocenters. The van der Waals surface area contributed by atoms with Gasteiger partial charge in [0.1, 0.15) is 4.83 Å². The molecule has 0 unspecified atom stereocenters.